The predicted octanol–water partition coefficient (Wildman–Crippen LogP) is 5.11. The van der Waals surface area contributed by atoms with Gasteiger partial charge in [-0.1, -0.05) is 24.7 Å². The maximum Gasteiger partial charge on any atom is 0.306 e. The fourth-order valence-corrected chi connectivity index (χ4v) is 5.11. The first-order chi connectivity index (χ1) is 18.4. The minimum absolute atomic E-state index is 0.216. The number of carbonyl (C=O) groups is 2. The van der Waals surface area contributed by atoms with E-state index in [9.17, 15) is 18.4 Å². The molecule has 2 aromatic carbocycles. The number of carboxylic acids is 1. The van der Waals surface area contributed by atoms with Crippen LogP contribution in [-0.4, -0.2) is 64.9 Å². The van der Waals surface area contributed by atoms with Crippen molar-refractivity contribution in [3.05, 3.63) is 59.7 Å². The van der Waals surface area contributed by atoms with E-state index >= 15 is 0 Å². The number of rotatable bonds is 11. The topological polar surface area (TPSA) is 95.9 Å². The maximum atomic E-state index is 14.3. The van der Waals surface area contributed by atoms with Gasteiger partial charge in [0.05, 0.1) is 11.5 Å². The van der Waals surface area contributed by atoms with E-state index in [0.29, 0.717) is 54.4 Å². The van der Waals surface area contributed by atoms with Crippen LogP contribution in [0.4, 0.5) is 13.9 Å². The molecule has 1 saturated heterocycles. The first kappa shape index (κ1) is 27.6. The Balaban J connectivity index is 1.37. The Kier molecular flexibility index (Phi) is 9.35. The Labute approximate surface area is 223 Å². The summed E-state index contributed by atoms with van der Waals surface area (Å²) in [5.74, 6) is -2.51. The number of hydrogen-bond donors (Lipinski definition) is 1. The van der Waals surface area contributed by atoms with E-state index in [2.05, 4.69) is 15.1 Å². The van der Waals surface area contributed by atoms with Gasteiger partial charge >= 0.3 is 5.97 Å². The minimum atomic E-state index is -0.915. The lowest BCUT2D eigenvalue weighted by atomic mass is 9.97. The third-order valence-electron chi connectivity index (χ3n) is 6.50. The van der Waals surface area contributed by atoms with Crippen molar-refractivity contribution in [3.8, 4) is 16.3 Å². The second-order valence-corrected chi connectivity index (χ2v) is 10.1. The number of piperidine rings is 1. The highest BCUT2D eigenvalue weighted by atomic mass is 32.1. The molecule has 11 heteroatoms. The number of likely N-dealkylation sites (tertiary alicyclic amines) is 1. The number of halogens is 2. The van der Waals surface area contributed by atoms with Crippen molar-refractivity contribution in [1.82, 2.24) is 15.1 Å². The first-order valence-electron chi connectivity index (χ1n) is 12.6. The van der Waals surface area contributed by atoms with E-state index in [1.165, 1.54) is 16.2 Å². The van der Waals surface area contributed by atoms with Crippen molar-refractivity contribution in [2.75, 3.05) is 37.7 Å². The van der Waals surface area contributed by atoms with Crippen molar-refractivity contribution in [3.63, 3.8) is 0 Å². The molecule has 0 unspecified atom stereocenters. The molecule has 2 heterocycles. The number of aliphatic carboxylic acids is 1. The van der Waals surface area contributed by atoms with Crippen molar-refractivity contribution < 1.29 is 28.2 Å². The van der Waals surface area contributed by atoms with Gasteiger partial charge in [0.1, 0.15) is 29.0 Å². The smallest absolute Gasteiger partial charge is 0.306 e. The highest BCUT2D eigenvalue weighted by Gasteiger charge is 2.25. The summed E-state index contributed by atoms with van der Waals surface area (Å²) >= 11 is 1.22. The summed E-state index contributed by atoms with van der Waals surface area (Å²) in [6.45, 7) is 5.05. The van der Waals surface area contributed by atoms with Gasteiger partial charge < -0.3 is 9.84 Å². The summed E-state index contributed by atoms with van der Waals surface area (Å²) in [6.07, 6.45) is 2.83. The Morgan fingerprint density at radius 1 is 1.13 bits per heavy atom. The Bertz CT molecular complexity index is 1250. The van der Waals surface area contributed by atoms with Crippen LogP contribution in [0.25, 0.3) is 10.6 Å². The molecule has 0 radical (unpaired) electrons. The number of nitrogens with zero attached hydrogens (tertiary/aromatic N) is 4. The zero-order valence-electron chi connectivity index (χ0n) is 21.1. The standard InChI is InChI=1S/C27H30F2N4O4S/c1-2-3-12-33(25(34)22-9-6-20(28)17-23(22)29)27-31-30-24(38-27)18-4-7-21(8-5-18)37-16-15-32-13-10-19(11-14-32)26(35)36/h4-9,17,19H,2-3,10-16H2,1H3,(H,35,36). The van der Waals surface area contributed by atoms with E-state index in [1.807, 2.05) is 31.2 Å². The first-order valence-corrected chi connectivity index (χ1v) is 13.5. The molecule has 0 atom stereocenters. The molecule has 3 aromatic rings. The van der Waals surface area contributed by atoms with E-state index < -0.39 is 23.5 Å². The van der Waals surface area contributed by atoms with Crippen molar-refractivity contribution in [2.24, 2.45) is 5.92 Å². The van der Waals surface area contributed by atoms with Crippen LogP contribution < -0.4 is 9.64 Å². The molecule has 0 spiro atoms. The summed E-state index contributed by atoms with van der Waals surface area (Å²) in [7, 11) is 0. The lowest BCUT2D eigenvalue weighted by Crippen LogP contribution is -2.38. The molecule has 1 aromatic heterocycles. The molecule has 1 aliphatic rings. The molecule has 0 bridgehead atoms. The van der Waals surface area contributed by atoms with Gasteiger partial charge in [0.15, 0.2) is 0 Å². The molecule has 202 valence electrons. The number of ether oxygens (including phenoxy) is 1. The summed E-state index contributed by atoms with van der Waals surface area (Å²) in [5, 5.41) is 18.5. The van der Waals surface area contributed by atoms with Gasteiger partial charge in [-0.05, 0) is 68.8 Å². The van der Waals surface area contributed by atoms with Crippen molar-refractivity contribution in [2.45, 2.75) is 32.6 Å². The maximum absolute atomic E-state index is 14.3. The van der Waals surface area contributed by atoms with Crippen LogP contribution in [0.3, 0.4) is 0 Å². The molecule has 1 amide bonds. The molecule has 1 N–H and O–H groups in total. The van der Waals surface area contributed by atoms with E-state index in [1.54, 1.807) is 0 Å². The van der Waals surface area contributed by atoms with Gasteiger partial charge in [-0.25, -0.2) is 8.78 Å². The van der Waals surface area contributed by atoms with Crippen LogP contribution in [0, 0.1) is 17.6 Å². The number of unbranched alkanes of at least 4 members (excludes halogenated alkanes) is 1. The number of benzene rings is 2. The molecule has 0 saturated carbocycles. The summed E-state index contributed by atoms with van der Waals surface area (Å²) in [5.41, 5.74) is 0.583. The highest BCUT2D eigenvalue weighted by Crippen LogP contribution is 2.31. The Morgan fingerprint density at radius 2 is 1.87 bits per heavy atom. The lowest BCUT2D eigenvalue weighted by Gasteiger charge is -2.29. The van der Waals surface area contributed by atoms with Gasteiger partial charge in [-0.3, -0.25) is 19.4 Å². The van der Waals surface area contributed by atoms with Crippen molar-refractivity contribution in [1.29, 1.82) is 0 Å². The van der Waals surface area contributed by atoms with Crippen molar-refractivity contribution >= 4 is 28.3 Å². The molecule has 0 aliphatic carbocycles. The molecule has 1 aliphatic heterocycles. The third-order valence-corrected chi connectivity index (χ3v) is 7.50. The summed E-state index contributed by atoms with van der Waals surface area (Å²) < 4.78 is 33.5. The monoisotopic (exact) mass is 544 g/mol. The number of anilines is 1. The number of aromatic nitrogens is 2. The van der Waals surface area contributed by atoms with Crippen LogP contribution in [0.2, 0.25) is 0 Å². The third kappa shape index (κ3) is 6.90. The molecule has 1 fully saturated rings. The summed E-state index contributed by atoms with van der Waals surface area (Å²) in [4.78, 5) is 27.8. The second-order valence-electron chi connectivity index (χ2n) is 9.15. The van der Waals surface area contributed by atoms with Gasteiger partial charge in [0.25, 0.3) is 5.91 Å². The average molecular weight is 545 g/mol. The number of carboxylic acid groups (broad SMARTS) is 1. The quantitative estimate of drug-likeness (QED) is 0.359. The molecule has 38 heavy (non-hydrogen) atoms. The highest BCUT2D eigenvalue weighted by molar-refractivity contribution is 7.18. The van der Waals surface area contributed by atoms with Crippen LogP contribution in [0.1, 0.15) is 43.0 Å². The van der Waals surface area contributed by atoms with Gasteiger partial charge in [-0.15, -0.1) is 10.2 Å². The summed E-state index contributed by atoms with van der Waals surface area (Å²) in [6, 6.07) is 10.3. The molecule has 8 nitrogen and oxygen atoms in total. The number of carbonyl (C=O) groups excluding carboxylic acids is 1. The average Bonchev–Trinajstić information content (AvgIpc) is 3.39. The van der Waals surface area contributed by atoms with E-state index in [-0.39, 0.29) is 11.5 Å². The predicted molar refractivity (Wildman–Crippen MR) is 141 cm³/mol. The zero-order chi connectivity index (χ0) is 27.1. The minimum Gasteiger partial charge on any atom is -0.492 e. The van der Waals surface area contributed by atoms with Crippen LogP contribution >= 0.6 is 11.3 Å². The van der Waals surface area contributed by atoms with Crippen LogP contribution in [-0.2, 0) is 4.79 Å². The molecule has 4 rings (SSSR count). The Hall–Kier alpha value is -3.44. The zero-order valence-corrected chi connectivity index (χ0v) is 21.9. The second kappa shape index (κ2) is 12.9. The molecular weight excluding hydrogens is 514 g/mol. The van der Waals surface area contributed by atoms with Gasteiger partial charge in [0, 0.05) is 24.7 Å². The van der Waals surface area contributed by atoms with Crippen LogP contribution in [0.15, 0.2) is 42.5 Å². The van der Waals surface area contributed by atoms with E-state index in [0.717, 1.165) is 43.8 Å². The fourth-order valence-electron chi connectivity index (χ4n) is 4.24. The Morgan fingerprint density at radius 3 is 2.53 bits per heavy atom. The number of amides is 1. The number of hydrogen-bond acceptors (Lipinski definition) is 7. The van der Waals surface area contributed by atoms with Gasteiger partial charge in [-0.2, -0.15) is 0 Å². The normalized spacial score (nSPS) is 14.4. The van der Waals surface area contributed by atoms with Crippen LogP contribution in [0.5, 0.6) is 5.75 Å². The fraction of sp³-hybridized carbons (Fsp3) is 0.407. The largest absolute Gasteiger partial charge is 0.492 e. The lowest BCUT2D eigenvalue weighted by molar-refractivity contribution is -0.143. The SMILES string of the molecule is CCCCN(C(=O)c1ccc(F)cc1F)c1nnc(-c2ccc(OCCN3CCC(C(=O)O)CC3)cc2)s1. The molecular formula is C27H30F2N4O4S. The van der Waals surface area contributed by atoms with Gasteiger partial charge in [0.2, 0.25) is 5.13 Å². The van der Waals surface area contributed by atoms with E-state index in [4.69, 9.17) is 9.84 Å².